The zero-order chi connectivity index (χ0) is 11.6. The summed E-state index contributed by atoms with van der Waals surface area (Å²) in [6.07, 6.45) is -3.54. The van der Waals surface area contributed by atoms with E-state index in [0.29, 0.717) is 12.1 Å². The van der Waals surface area contributed by atoms with Crippen LogP contribution in [0.1, 0.15) is 11.1 Å². The number of nitro groups is 1. The lowest BCUT2D eigenvalue weighted by Crippen LogP contribution is -2.06. The Kier molecular flexibility index (Phi) is 2.74. The van der Waals surface area contributed by atoms with Gasteiger partial charge in [-0.05, 0) is 6.07 Å². The summed E-state index contributed by atoms with van der Waals surface area (Å²) in [6.45, 7) is 0. The molecule has 0 N–H and O–H groups in total. The molecule has 0 aliphatic carbocycles. The van der Waals surface area contributed by atoms with Crippen molar-refractivity contribution in [3.63, 3.8) is 0 Å². The van der Waals surface area contributed by atoms with Crippen molar-refractivity contribution >= 4 is 12.0 Å². The average molecular weight is 218 g/mol. The van der Waals surface area contributed by atoms with Crippen LogP contribution in [0.4, 0.5) is 18.9 Å². The van der Waals surface area contributed by atoms with Crippen LogP contribution < -0.4 is 0 Å². The van der Waals surface area contributed by atoms with E-state index in [1.54, 1.807) is 0 Å². The molecule has 0 aliphatic rings. The smallest absolute Gasteiger partial charge is 0.285 e. The Labute approximate surface area is 81.5 Å². The Morgan fingerprint density at radius 1 is 1.27 bits per heavy atom. The first-order chi connectivity index (χ1) is 6.84. The molecule has 0 aliphatic heterocycles. The van der Waals surface area contributed by atoms with Gasteiger partial charge in [-0.2, -0.15) is 13.2 Å². The molecule has 0 amide bonds. The standard InChI is InChI=1S/C8H3F3NO3/c9-8(10,11)6-1-5(4-13)2-7(3-6)12(14)15/h1-3H. The highest BCUT2D eigenvalue weighted by molar-refractivity contribution is 5.77. The van der Waals surface area contributed by atoms with Crippen LogP contribution in [0.3, 0.4) is 0 Å². The maximum Gasteiger partial charge on any atom is 0.416 e. The lowest BCUT2D eigenvalue weighted by molar-refractivity contribution is -0.385. The highest BCUT2D eigenvalue weighted by Gasteiger charge is 2.32. The summed E-state index contributed by atoms with van der Waals surface area (Å²) in [5.41, 5.74) is -2.53. The Bertz CT molecular complexity index is 414. The molecule has 0 fully saturated rings. The maximum absolute atomic E-state index is 12.2. The molecule has 1 aromatic rings. The normalized spacial score (nSPS) is 11.1. The number of hydrogen-bond donors (Lipinski definition) is 0. The lowest BCUT2D eigenvalue weighted by Gasteiger charge is -2.06. The van der Waals surface area contributed by atoms with Crippen molar-refractivity contribution in [3.8, 4) is 0 Å². The van der Waals surface area contributed by atoms with E-state index in [0.717, 1.165) is 6.07 Å². The van der Waals surface area contributed by atoms with Crippen LogP contribution in [-0.2, 0) is 11.0 Å². The number of non-ortho nitro benzene ring substituents is 1. The van der Waals surface area contributed by atoms with E-state index in [1.807, 2.05) is 0 Å². The van der Waals surface area contributed by atoms with Crippen molar-refractivity contribution in [1.82, 2.24) is 0 Å². The molecular formula is C8H3F3NO3. The van der Waals surface area contributed by atoms with Gasteiger partial charge in [-0.25, -0.2) is 0 Å². The van der Waals surface area contributed by atoms with Crippen LogP contribution in [0.2, 0.25) is 0 Å². The SMILES string of the molecule is O=[C]c1cc([N+](=O)[O-])cc(C(F)(F)F)c1. The number of nitrogens with zero attached hydrogens (tertiary/aromatic N) is 1. The average Bonchev–Trinajstić information content (AvgIpc) is 2.15. The maximum atomic E-state index is 12.2. The number of nitro benzene ring substituents is 1. The van der Waals surface area contributed by atoms with Crippen LogP contribution in [0, 0.1) is 10.1 Å². The summed E-state index contributed by atoms with van der Waals surface area (Å²) in [6, 6.07) is 1.59. The summed E-state index contributed by atoms with van der Waals surface area (Å²) in [5, 5.41) is 10.3. The number of alkyl halides is 3. The zero-order valence-corrected chi connectivity index (χ0v) is 7.04. The van der Waals surface area contributed by atoms with Crippen molar-refractivity contribution in [2.24, 2.45) is 0 Å². The topological polar surface area (TPSA) is 60.2 Å². The van der Waals surface area contributed by atoms with Gasteiger partial charge < -0.3 is 0 Å². The van der Waals surface area contributed by atoms with E-state index in [-0.39, 0.29) is 0 Å². The fourth-order valence-electron chi connectivity index (χ4n) is 0.939. The monoisotopic (exact) mass is 218 g/mol. The molecule has 0 saturated heterocycles. The minimum absolute atomic E-state index is 0.362. The molecule has 0 saturated carbocycles. The van der Waals surface area contributed by atoms with Crippen molar-refractivity contribution in [1.29, 1.82) is 0 Å². The van der Waals surface area contributed by atoms with Crippen LogP contribution in [0.15, 0.2) is 18.2 Å². The minimum Gasteiger partial charge on any atom is -0.285 e. The van der Waals surface area contributed by atoms with Gasteiger partial charge in [-0.1, -0.05) is 0 Å². The molecule has 15 heavy (non-hydrogen) atoms. The lowest BCUT2D eigenvalue weighted by atomic mass is 10.1. The molecule has 0 heterocycles. The molecule has 7 heteroatoms. The molecular weight excluding hydrogens is 215 g/mol. The quantitative estimate of drug-likeness (QED) is 0.563. The van der Waals surface area contributed by atoms with Gasteiger partial charge in [0.25, 0.3) is 5.69 Å². The molecule has 1 rings (SSSR count). The summed E-state index contributed by atoms with van der Waals surface area (Å²) < 4.78 is 36.6. The third kappa shape index (κ3) is 2.52. The first-order valence-corrected chi connectivity index (χ1v) is 3.59. The number of carbonyl (C=O) groups excluding carboxylic acids is 1. The largest absolute Gasteiger partial charge is 0.416 e. The van der Waals surface area contributed by atoms with Gasteiger partial charge in [0.1, 0.15) is 0 Å². The number of rotatable bonds is 2. The van der Waals surface area contributed by atoms with E-state index in [2.05, 4.69) is 0 Å². The zero-order valence-electron chi connectivity index (χ0n) is 7.04. The highest BCUT2D eigenvalue weighted by atomic mass is 19.4. The molecule has 1 aromatic carbocycles. The molecule has 0 spiro atoms. The van der Waals surface area contributed by atoms with Crippen molar-refractivity contribution < 1.29 is 22.9 Å². The first-order valence-electron chi connectivity index (χ1n) is 3.59. The summed E-state index contributed by atoms with van der Waals surface area (Å²) in [7, 11) is 0. The van der Waals surface area contributed by atoms with Gasteiger partial charge in [0.05, 0.1) is 10.5 Å². The molecule has 0 bridgehead atoms. The predicted octanol–water partition coefficient (Wildman–Crippen LogP) is 2.07. The van der Waals surface area contributed by atoms with E-state index >= 15 is 0 Å². The van der Waals surface area contributed by atoms with Gasteiger partial charge in [-0.3, -0.25) is 14.9 Å². The third-order valence-corrected chi connectivity index (χ3v) is 1.57. The van der Waals surface area contributed by atoms with Crippen molar-refractivity contribution in [3.05, 3.63) is 39.4 Å². The van der Waals surface area contributed by atoms with Gasteiger partial charge in [0, 0.05) is 17.7 Å². The molecule has 4 nitrogen and oxygen atoms in total. The first kappa shape index (κ1) is 11.2. The fraction of sp³-hybridized carbons (Fsp3) is 0.125. The summed E-state index contributed by atoms with van der Waals surface area (Å²) in [5.74, 6) is 0. The Morgan fingerprint density at radius 2 is 1.87 bits per heavy atom. The molecule has 79 valence electrons. The van der Waals surface area contributed by atoms with Gasteiger partial charge >= 0.3 is 6.18 Å². The Hall–Kier alpha value is -1.92. The van der Waals surface area contributed by atoms with Gasteiger partial charge in [0.2, 0.25) is 6.29 Å². The van der Waals surface area contributed by atoms with Crippen LogP contribution in [-0.4, -0.2) is 11.2 Å². The second kappa shape index (κ2) is 3.68. The third-order valence-electron chi connectivity index (χ3n) is 1.57. The highest BCUT2D eigenvalue weighted by Crippen LogP contribution is 2.32. The molecule has 0 atom stereocenters. The van der Waals surface area contributed by atoms with Gasteiger partial charge in [0.15, 0.2) is 0 Å². The summed E-state index contributed by atoms with van der Waals surface area (Å²) in [4.78, 5) is 19.4. The number of hydrogen-bond acceptors (Lipinski definition) is 3. The van der Waals surface area contributed by atoms with E-state index < -0.39 is 27.9 Å². The van der Waals surface area contributed by atoms with E-state index in [9.17, 15) is 28.1 Å². The van der Waals surface area contributed by atoms with E-state index in [4.69, 9.17) is 0 Å². The van der Waals surface area contributed by atoms with Crippen molar-refractivity contribution in [2.75, 3.05) is 0 Å². The molecule has 0 unspecified atom stereocenters. The van der Waals surface area contributed by atoms with Crippen LogP contribution in [0.25, 0.3) is 0 Å². The minimum atomic E-state index is -4.72. The van der Waals surface area contributed by atoms with Crippen molar-refractivity contribution in [2.45, 2.75) is 6.18 Å². The predicted molar refractivity (Wildman–Crippen MR) is 42.9 cm³/mol. The fourth-order valence-corrected chi connectivity index (χ4v) is 0.939. The Morgan fingerprint density at radius 3 is 2.27 bits per heavy atom. The van der Waals surface area contributed by atoms with Crippen LogP contribution >= 0.6 is 0 Å². The Balaban J connectivity index is 3.36. The summed E-state index contributed by atoms with van der Waals surface area (Å²) >= 11 is 0. The molecule has 1 radical (unpaired) electrons. The van der Waals surface area contributed by atoms with Crippen LogP contribution in [0.5, 0.6) is 0 Å². The second-order valence-electron chi connectivity index (χ2n) is 2.63. The second-order valence-corrected chi connectivity index (χ2v) is 2.63. The molecule has 0 aromatic heterocycles. The number of benzene rings is 1. The van der Waals surface area contributed by atoms with E-state index in [1.165, 1.54) is 6.29 Å². The van der Waals surface area contributed by atoms with Gasteiger partial charge in [-0.15, -0.1) is 0 Å². The number of halogens is 3.